The van der Waals surface area contributed by atoms with E-state index in [2.05, 4.69) is 4.98 Å². The Morgan fingerprint density at radius 3 is 2.82 bits per heavy atom. The van der Waals surface area contributed by atoms with Crippen LogP contribution in [0.4, 0.5) is 0 Å². The lowest BCUT2D eigenvalue weighted by Gasteiger charge is -2.23. The van der Waals surface area contributed by atoms with Crippen LogP contribution in [0.2, 0.25) is 0 Å². The molecule has 2 unspecified atom stereocenters. The Morgan fingerprint density at radius 1 is 1.29 bits per heavy atom. The van der Waals surface area contributed by atoms with Crippen LogP contribution in [0.15, 0.2) is 48.2 Å². The summed E-state index contributed by atoms with van der Waals surface area (Å²) in [5, 5.41) is 11.0. The molecular formula is C22H22N2O4. The number of carbonyl (C=O) groups excluding carboxylic acids is 2. The van der Waals surface area contributed by atoms with Gasteiger partial charge in [0.05, 0.1) is 11.3 Å². The van der Waals surface area contributed by atoms with Crippen molar-refractivity contribution in [3.8, 4) is 5.75 Å². The number of amides is 1. The molecule has 3 heterocycles. The van der Waals surface area contributed by atoms with Crippen molar-refractivity contribution in [2.24, 2.45) is 0 Å². The first kappa shape index (κ1) is 18.2. The highest BCUT2D eigenvalue weighted by molar-refractivity contribution is 6.46. The van der Waals surface area contributed by atoms with E-state index in [1.165, 1.54) is 4.90 Å². The first-order valence-electron chi connectivity index (χ1n) is 9.50. The average molecular weight is 378 g/mol. The summed E-state index contributed by atoms with van der Waals surface area (Å²) in [6, 6.07) is 10.0. The lowest BCUT2D eigenvalue weighted by atomic mass is 9.97. The van der Waals surface area contributed by atoms with Crippen molar-refractivity contribution in [1.82, 2.24) is 9.88 Å². The van der Waals surface area contributed by atoms with E-state index >= 15 is 0 Å². The lowest BCUT2D eigenvalue weighted by molar-refractivity contribution is -0.139. The number of carbonyl (C=O) groups is 2. The summed E-state index contributed by atoms with van der Waals surface area (Å²) in [5.41, 5.74) is 2.14. The molecule has 2 atom stereocenters. The minimum Gasteiger partial charge on any atom is -0.507 e. The Morgan fingerprint density at radius 2 is 2.11 bits per heavy atom. The van der Waals surface area contributed by atoms with Gasteiger partial charge in [-0.15, -0.1) is 0 Å². The SMILES string of the molecule is CCCN1C(=O)C(=O)/C(=C(\O)c2ccc3c(c2)CC(C)O3)C1c1ccccn1. The molecular weight excluding hydrogens is 356 g/mol. The number of aliphatic hydroxyl groups is 1. The number of ether oxygens (including phenoxy) is 1. The molecule has 1 saturated heterocycles. The predicted octanol–water partition coefficient (Wildman–Crippen LogP) is 3.24. The highest BCUT2D eigenvalue weighted by Crippen LogP contribution is 2.39. The number of hydrogen-bond acceptors (Lipinski definition) is 5. The minimum atomic E-state index is -0.690. The summed E-state index contributed by atoms with van der Waals surface area (Å²) in [4.78, 5) is 31.3. The van der Waals surface area contributed by atoms with Gasteiger partial charge in [-0.3, -0.25) is 14.6 Å². The second kappa shape index (κ2) is 7.11. The van der Waals surface area contributed by atoms with Crippen LogP contribution in [0.5, 0.6) is 5.75 Å². The first-order chi connectivity index (χ1) is 13.5. The molecule has 0 aliphatic carbocycles. The highest BCUT2D eigenvalue weighted by Gasteiger charge is 2.46. The highest BCUT2D eigenvalue weighted by atomic mass is 16.5. The Kier molecular flexibility index (Phi) is 4.63. The number of benzene rings is 1. The van der Waals surface area contributed by atoms with Crippen LogP contribution in [0.25, 0.3) is 5.76 Å². The second-order valence-corrected chi connectivity index (χ2v) is 7.20. The normalized spacial score (nSPS) is 23.0. The van der Waals surface area contributed by atoms with E-state index in [0.29, 0.717) is 24.2 Å². The van der Waals surface area contributed by atoms with Gasteiger partial charge in [0.25, 0.3) is 11.7 Å². The molecule has 4 rings (SSSR count). The average Bonchev–Trinajstić information content (AvgIpc) is 3.19. The van der Waals surface area contributed by atoms with Crippen molar-refractivity contribution >= 4 is 17.4 Å². The summed E-state index contributed by atoms with van der Waals surface area (Å²) in [6.45, 7) is 4.34. The summed E-state index contributed by atoms with van der Waals surface area (Å²) < 4.78 is 5.71. The Bertz CT molecular complexity index is 968. The largest absolute Gasteiger partial charge is 0.507 e. The van der Waals surface area contributed by atoms with Crippen LogP contribution in [0.1, 0.15) is 43.1 Å². The standard InChI is InChI=1S/C22H22N2O4/c1-3-10-24-19(16-6-4-5-9-23-16)18(21(26)22(24)27)20(25)14-7-8-17-15(12-14)11-13(2)28-17/h4-9,12-13,19,25H,3,10-11H2,1-2H3/b20-18-. The summed E-state index contributed by atoms with van der Waals surface area (Å²) >= 11 is 0. The molecule has 2 aliphatic heterocycles. The predicted molar refractivity (Wildman–Crippen MR) is 104 cm³/mol. The topological polar surface area (TPSA) is 79.7 Å². The van der Waals surface area contributed by atoms with Gasteiger partial charge in [-0.25, -0.2) is 0 Å². The van der Waals surface area contributed by atoms with Gasteiger partial charge < -0.3 is 14.7 Å². The number of ketones is 1. The third-order valence-corrected chi connectivity index (χ3v) is 5.14. The van der Waals surface area contributed by atoms with Gasteiger partial charge in [-0.05, 0) is 49.2 Å². The maximum Gasteiger partial charge on any atom is 0.295 e. The molecule has 1 amide bonds. The Labute approximate surface area is 163 Å². The molecule has 1 N–H and O–H groups in total. The van der Waals surface area contributed by atoms with Crippen LogP contribution in [0.3, 0.4) is 0 Å². The van der Waals surface area contributed by atoms with Crippen molar-refractivity contribution in [3.63, 3.8) is 0 Å². The van der Waals surface area contributed by atoms with Crippen LogP contribution in [-0.2, 0) is 16.0 Å². The van der Waals surface area contributed by atoms with E-state index in [9.17, 15) is 14.7 Å². The summed E-state index contributed by atoms with van der Waals surface area (Å²) in [5.74, 6) is -0.657. The number of aromatic nitrogens is 1. The number of likely N-dealkylation sites (tertiary alicyclic amines) is 1. The third-order valence-electron chi connectivity index (χ3n) is 5.14. The maximum absolute atomic E-state index is 12.8. The van der Waals surface area contributed by atoms with E-state index in [0.717, 1.165) is 17.7 Å². The minimum absolute atomic E-state index is 0.0797. The summed E-state index contributed by atoms with van der Waals surface area (Å²) in [7, 11) is 0. The number of nitrogens with zero attached hydrogens (tertiary/aromatic N) is 2. The number of fused-ring (bicyclic) bond motifs is 1. The fraction of sp³-hybridized carbons (Fsp3) is 0.318. The molecule has 6 heteroatoms. The van der Waals surface area contributed by atoms with E-state index in [4.69, 9.17) is 4.74 Å². The lowest BCUT2D eigenvalue weighted by Crippen LogP contribution is -2.30. The quantitative estimate of drug-likeness (QED) is 0.502. The number of pyridine rings is 1. The number of Topliss-reactive ketones (excluding diaryl/α,β-unsaturated/α-hetero) is 1. The van der Waals surface area contributed by atoms with E-state index in [1.54, 1.807) is 30.5 Å². The molecule has 144 valence electrons. The molecule has 2 aliphatic rings. The zero-order chi connectivity index (χ0) is 19.8. The molecule has 0 saturated carbocycles. The van der Waals surface area contributed by atoms with Gasteiger partial charge in [0.1, 0.15) is 23.7 Å². The van der Waals surface area contributed by atoms with Crippen molar-refractivity contribution in [3.05, 3.63) is 65.0 Å². The fourth-order valence-corrected chi connectivity index (χ4v) is 3.92. The van der Waals surface area contributed by atoms with Gasteiger partial charge in [-0.2, -0.15) is 0 Å². The molecule has 1 aromatic heterocycles. The van der Waals surface area contributed by atoms with Gasteiger partial charge in [0.2, 0.25) is 0 Å². The number of rotatable bonds is 4. The molecule has 1 aromatic carbocycles. The molecule has 0 bridgehead atoms. The smallest absolute Gasteiger partial charge is 0.295 e. The first-order valence-corrected chi connectivity index (χ1v) is 9.50. The zero-order valence-electron chi connectivity index (χ0n) is 15.9. The zero-order valence-corrected chi connectivity index (χ0v) is 15.9. The molecule has 28 heavy (non-hydrogen) atoms. The fourth-order valence-electron chi connectivity index (χ4n) is 3.92. The molecule has 2 aromatic rings. The molecule has 1 fully saturated rings. The summed E-state index contributed by atoms with van der Waals surface area (Å²) in [6.07, 6.45) is 3.14. The number of aliphatic hydroxyl groups excluding tert-OH is 1. The van der Waals surface area contributed by atoms with Gasteiger partial charge >= 0.3 is 0 Å². The van der Waals surface area contributed by atoms with Gasteiger partial charge in [-0.1, -0.05) is 13.0 Å². The van der Waals surface area contributed by atoms with Crippen LogP contribution in [-0.4, -0.2) is 39.3 Å². The maximum atomic E-state index is 12.8. The van der Waals surface area contributed by atoms with Crippen LogP contribution < -0.4 is 4.74 Å². The van der Waals surface area contributed by atoms with Crippen LogP contribution >= 0.6 is 0 Å². The van der Waals surface area contributed by atoms with Crippen molar-refractivity contribution in [1.29, 1.82) is 0 Å². The second-order valence-electron chi connectivity index (χ2n) is 7.20. The van der Waals surface area contributed by atoms with E-state index in [1.807, 2.05) is 26.0 Å². The van der Waals surface area contributed by atoms with Crippen molar-refractivity contribution in [2.75, 3.05) is 6.54 Å². The molecule has 6 nitrogen and oxygen atoms in total. The van der Waals surface area contributed by atoms with Gasteiger partial charge in [0.15, 0.2) is 0 Å². The molecule has 0 spiro atoms. The monoisotopic (exact) mass is 378 g/mol. The third kappa shape index (κ3) is 2.95. The number of hydrogen-bond donors (Lipinski definition) is 1. The van der Waals surface area contributed by atoms with Crippen molar-refractivity contribution < 1.29 is 19.4 Å². The van der Waals surface area contributed by atoms with Crippen LogP contribution in [0, 0.1) is 0 Å². The van der Waals surface area contributed by atoms with E-state index in [-0.39, 0.29) is 17.4 Å². The van der Waals surface area contributed by atoms with Crippen molar-refractivity contribution in [2.45, 2.75) is 38.8 Å². The molecule has 0 radical (unpaired) electrons. The Balaban J connectivity index is 1.84. The van der Waals surface area contributed by atoms with E-state index < -0.39 is 17.7 Å². The van der Waals surface area contributed by atoms with Gasteiger partial charge in [0, 0.05) is 24.7 Å². The Hall–Kier alpha value is -3.15.